The molecule has 14 nitrogen and oxygen atoms in total. The summed E-state index contributed by atoms with van der Waals surface area (Å²) in [4.78, 5) is 11.4. The molecule has 2 rings (SSSR count). The summed E-state index contributed by atoms with van der Waals surface area (Å²) in [6.07, 6.45) is -13.9. The van der Waals surface area contributed by atoms with Gasteiger partial charge in [0.05, 0.1) is 19.5 Å². The number of carbonyl (C=O) groups excluding carboxylic acids is 1. The normalized spacial score (nSPS) is 42.7. The third-order valence-electron chi connectivity index (χ3n) is 4.65. The van der Waals surface area contributed by atoms with Gasteiger partial charge in [-0.1, -0.05) is 0 Å². The number of aliphatic hydroxyl groups excluding tert-OH is 6. The van der Waals surface area contributed by atoms with E-state index in [1.54, 1.807) is 0 Å². The number of nitrogens with one attached hydrogen (secondary N) is 1. The van der Waals surface area contributed by atoms with E-state index < -0.39 is 90.6 Å². The van der Waals surface area contributed by atoms with Crippen molar-refractivity contribution in [3.63, 3.8) is 0 Å². The highest BCUT2D eigenvalue weighted by atomic mass is 32.2. The molecule has 2 saturated heterocycles. The highest BCUT2D eigenvalue weighted by Gasteiger charge is 2.51. The molecule has 15 heteroatoms. The molecule has 30 heavy (non-hydrogen) atoms. The van der Waals surface area contributed by atoms with E-state index >= 15 is 0 Å². The van der Waals surface area contributed by atoms with Crippen molar-refractivity contribution in [1.82, 2.24) is 5.32 Å². The smallest absolute Gasteiger partial charge is 0.264 e. The van der Waals surface area contributed by atoms with Crippen molar-refractivity contribution in [1.29, 1.82) is 0 Å². The lowest BCUT2D eigenvalue weighted by atomic mass is 9.95. The van der Waals surface area contributed by atoms with Crippen molar-refractivity contribution in [2.24, 2.45) is 0 Å². The fourth-order valence-corrected chi connectivity index (χ4v) is 3.53. The van der Waals surface area contributed by atoms with Crippen molar-refractivity contribution in [3.8, 4) is 0 Å². The van der Waals surface area contributed by atoms with Gasteiger partial charge in [0.2, 0.25) is 5.91 Å². The van der Waals surface area contributed by atoms with Gasteiger partial charge in [-0.15, -0.1) is 0 Å². The van der Waals surface area contributed by atoms with Gasteiger partial charge in [-0.25, -0.2) is 0 Å². The van der Waals surface area contributed by atoms with Crippen LogP contribution in [0.3, 0.4) is 0 Å². The molecule has 0 saturated carbocycles. The van der Waals surface area contributed by atoms with E-state index in [-0.39, 0.29) is 0 Å². The fraction of sp³-hybridized carbons (Fsp3) is 0.933. The zero-order valence-corrected chi connectivity index (χ0v) is 17.0. The maximum atomic E-state index is 11.4. The van der Waals surface area contributed by atoms with Crippen LogP contribution in [-0.2, 0) is 33.3 Å². The third-order valence-corrected chi connectivity index (χ3v) is 5.21. The summed E-state index contributed by atoms with van der Waals surface area (Å²) >= 11 is 0. The Hall–Kier alpha value is -0.980. The van der Waals surface area contributed by atoms with Crippen LogP contribution >= 0.6 is 0 Å². The van der Waals surface area contributed by atoms with Gasteiger partial charge >= 0.3 is 0 Å². The van der Waals surface area contributed by atoms with E-state index in [4.69, 9.17) is 14.2 Å². The summed E-state index contributed by atoms with van der Waals surface area (Å²) in [6.45, 7) is -0.323. The maximum Gasteiger partial charge on any atom is 0.264 e. The summed E-state index contributed by atoms with van der Waals surface area (Å²) in [5, 5.41) is 62.1. The van der Waals surface area contributed by atoms with Crippen molar-refractivity contribution >= 4 is 16.0 Å². The maximum absolute atomic E-state index is 11.4. The number of hydrogen-bond donors (Lipinski definition) is 7. The second kappa shape index (κ2) is 10.1. The first kappa shape index (κ1) is 25.3. The van der Waals surface area contributed by atoms with Crippen molar-refractivity contribution in [2.75, 3.05) is 19.5 Å². The van der Waals surface area contributed by atoms with E-state index in [0.29, 0.717) is 0 Å². The predicted octanol–water partition coefficient (Wildman–Crippen LogP) is -5.27. The van der Waals surface area contributed by atoms with Crippen LogP contribution in [0.15, 0.2) is 0 Å². The molecular weight excluding hydrogens is 434 g/mol. The zero-order valence-electron chi connectivity index (χ0n) is 16.1. The lowest BCUT2D eigenvalue weighted by molar-refractivity contribution is -0.344. The molecule has 2 aliphatic rings. The van der Waals surface area contributed by atoms with Crippen LogP contribution in [0, 0.1) is 0 Å². The molecule has 0 aromatic rings. The molecule has 1 amide bonds. The zero-order chi connectivity index (χ0) is 22.8. The first-order chi connectivity index (χ1) is 13.9. The Morgan fingerprint density at radius 3 is 2.17 bits per heavy atom. The van der Waals surface area contributed by atoms with Crippen molar-refractivity contribution in [3.05, 3.63) is 0 Å². The molecule has 2 aliphatic heterocycles. The SMILES string of the molecule is CC(=O)N[C@H]1[C@@H](O)[C@H](O[C@@H]2O[C@@H](CO)[C@H](O)[C@H](O)[C@@H]2O)[C@H](COS(C)(=O)=O)O[C@H]1O. The van der Waals surface area contributed by atoms with Crippen LogP contribution in [0.1, 0.15) is 6.92 Å². The monoisotopic (exact) mass is 461 g/mol. The number of amides is 1. The van der Waals surface area contributed by atoms with Crippen molar-refractivity contribution in [2.45, 2.75) is 68.3 Å². The number of hydrogen-bond acceptors (Lipinski definition) is 13. The highest BCUT2D eigenvalue weighted by Crippen LogP contribution is 2.29. The topological polar surface area (TPSA) is 222 Å². The summed E-state index contributed by atoms with van der Waals surface area (Å²) in [5.74, 6) is -0.626. The van der Waals surface area contributed by atoms with Gasteiger partial charge in [0.1, 0.15) is 48.8 Å². The Kier molecular flexibility index (Phi) is 8.51. The largest absolute Gasteiger partial charge is 0.394 e. The Labute approximate surface area is 172 Å². The van der Waals surface area contributed by atoms with Gasteiger partial charge in [-0.3, -0.25) is 8.98 Å². The predicted molar refractivity (Wildman–Crippen MR) is 93.9 cm³/mol. The lowest BCUT2D eigenvalue weighted by Gasteiger charge is -2.46. The van der Waals surface area contributed by atoms with Gasteiger partial charge in [-0.05, 0) is 0 Å². The minimum atomic E-state index is -3.94. The second-order valence-corrected chi connectivity index (χ2v) is 8.71. The van der Waals surface area contributed by atoms with Gasteiger partial charge in [-0.2, -0.15) is 8.42 Å². The molecule has 2 heterocycles. The van der Waals surface area contributed by atoms with E-state index in [1.807, 2.05) is 0 Å². The van der Waals surface area contributed by atoms with Crippen LogP contribution in [0.4, 0.5) is 0 Å². The van der Waals surface area contributed by atoms with Gasteiger partial charge in [0, 0.05) is 6.92 Å². The number of carbonyl (C=O) groups is 1. The molecule has 0 aromatic heterocycles. The number of aliphatic hydroxyl groups is 6. The molecule has 7 N–H and O–H groups in total. The van der Waals surface area contributed by atoms with E-state index in [2.05, 4.69) is 9.50 Å². The lowest BCUT2D eigenvalue weighted by Crippen LogP contribution is -2.67. The van der Waals surface area contributed by atoms with E-state index in [0.717, 1.165) is 13.2 Å². The van der Waals surface area contributed by atoms with E-state index in [1.165, 1.54) is 0 Å². The molecule has 176 valence electrons. The average molecular weight is 461 g/mol. The molecule has 0 radical (unpaired) electrons. The molecule has 2 fully saturated rings. The minimum Gasteiger partial charge on any atom is -0.394 e. The first-order valence-electron chi connectivity index (χ1n) is 8.94. The van der Waals surface area contributed by atoms with Crippen molar-refractivity contribution < 1.29 is 62.2 Å². The molecule has 0 bridgehead atoms. The van der Waals surface area contributed by atoms with Crippen LogP contribution in [0.25, 0.3) is 0 Å². The summed E-state index contributed by atoms with van der Waals surface area (Å²) in [5.41, 5.74) is 0. The average Bonchev–Trinajstić information content (AvgIpc) is 2.65. The first-order valence-corrected chi connectivity index (χ1v) is 10.8. The quantitative estimate of drug-likeness (QED) is 0.176. The Morgan fingerprint density at radius 2 is 1.63 bits per heavy atom. The fourth-order valence-electron chi connectivity index (χ4n) is 3.15. The van der Waals surface area contributed by atoms with Gasteiger partial charge < -0.3 is 50.2 Å². The molecule has 0 aromatic carbocycles. The number of rotatable bonds is 7. The Balaban J connectivity index is 2.25. The van der Waals surface area contributed by atoms with Crippen LogP contribution in [0.5, 0.6) is 0 Å². The highest BCUT2D eigenvalue weighted by molar-refractivity contribution is 7.85. The van der Waals surface area contributed by atoms with Gasteiger partial charge in [0.15, 0.2) is 12.6 Å². The molecule has 0 spiro atoms. The number of ether oxygens (including phenoxy) is 3. The molecule has 0 unspecified atom stereocenters. The van der Waals surface area contributed by atoms with Crippen LogP contribution in [0.2, 0.25) is 0 Å². The second-order valence-electron chi connectivity index (χ2n) is 7.07. The van der Waals surface area contributed by atoms with Crippen LogP contribution in [-0.4, -0.2) is 126 Å². The third kappa shape index (κ3) is 6.04. The van der Waals surface area contributed by atoms with E-state index in [9.17, 15) is 43.9 Å². The molecule has 10 atom stereocenters. The summed E-state index contributed by atoms with van der Waals surface area (Å²) in [6, 6.07) is -1.40. The van der Waals surface area contributed by atoms with Crippen LogP contribution < -0.4 is 5.32 Å². The summed E-state index contributed by atoms with van der Waals surface area (Å²) in [7, 11) is -3.94. The minimum absolute atomic E-state index is 0.626. The van der Waals surface area contributed by atoms with Gasteiger partial charge in [0.25, 0.3) is 10.1 Å². The molecule has 0 aliphatic carbocycles. The summed E-state index contributed by atoms with van der Waals surface area (Å²) < 4.78 is 43.2. The Bertz CT molecular complexity index is 688. The Morgan fingerprint density at radius 1 is 1.00 bits per heavy atom. The standard InChI is InChI=1S/C15H27NO13S/c1-5(18)16-8-10(20)13(7(27-14(8)23)4-26-30(2,24)25)29-15-12(22)11(21)9(19)6(3-17)28-15/h6-15,17,19-23H,3-4H2,1-2H3,(H,16,18)/t6-,7-,8-,9-,10+,11-,12-,13+,14+,15-/m0/s1. The molecular formula is C15H27NO13S.